The lowest BCUT2D eigenvalue weighted by molar-refractivity contribution is -0.117. The summed E-state index contributed by atoms with van der Waals surface area (Å²) in [6.07, 6.45) is 4.02. The molecule has 0 aromatic heterocycles. The summed E-state index contributed by atoms with van der Waals surface area (Å²) in [5.74, 6) is -1.31. The van der Waals surface area contributed by atoms with Crippen molar-refractivity contribution in [3.63, 3.8) is 0 Å². The minimum absolute atomic E-state index is 0.0982. The van der Waals surface area contributed by atoms with E-state index in [2.05, 4.69) is 10.2 Å². The van der Waals surface area contributed by atoms with Crippen LogP contribution in [0.1, 0.15) is 47.5 Å². The molecule has 0 bridgehead atoms. The van der Waals surface area contributed by atoms with Crippen LogP contribution in [0.2, 0.25) is 0 Å². The Morgan fingerprint density at radius 3 is 2.54 bits per heavy atom. The molecule has 4 rings (SSSR count). The molecule has 146 valence electrons. The van der Waals surface area contributed by atoms with Gasteiger partial charge in [-0.1, -0.05) is 18.2 Å². The number of carbonyl (C=O) groups excluding carboxylic acids is 2. The normalized spacial score (nSPS) is 21.2. The van der Waals surface area contributed by atoms with Gasteiger partial charge >= 0.3 is 0 Å². The number of nitrogens with one attached hydrogen (secondary N) is 1. The molecule has 0 radical (unpaired) electrons. The molecule has 28 heavy (non-hydrogen) atoms. The van der Waals surface area contributed by atoms with Crippen LogP contribution in [0.25, 0.3) is 0 Å². The van der Waals surface area contributed by atoms with E-state index in [0.717, 1.165) is 31.6 Å². The summed E-state index contributed by atoms with van der Waals surface area (Å²) in [5, 5.41) is 2.97. The van der Waals surface area contributed by atoms with E-state index < -0.39 is 5.91 Å². The lowest BCUT2D eigenvalue weighted by atomic mass is 10.1. The number of piperidine rings is 1. The van der Waals surface area contributed by atoms with Crippen molar-refractivity contribution in [2.24, 2.45) is 11.7 Å². The molecule has 1 saturated heterocycles. The molecule has 2 unspecified atom stereocenters. The topological polar surface area (TPSA) is 75.4 Å². The highest BCUT2D eigenvalue weighted by molar-refractivity contribution is 6.01. The van der Waals surface area contributed by atoms with Crippen molar-refractivity contribution in [2.75, 3.05) is 23.3 Å². The van der Waals surface area contributed by atoms with Gasteiger partial charge in [0.15, 0.2) is 0 Å². The van der Waals surface area contributed by atoms with Gasteiger partial charge in [-0.25, -0.2) is 4.39 Å². The van der Waals surface area contributed by atoms with E-state index in [1.54, 1.807) is 30.3 Å². The quantitative estimate of drug-likeness (QED) is 0.830. The zero-order valence-electron chi connectivity index (χ0n) is 15.7. The highest BCUT2D eigenvalue weighted by atomic mass is 19.1. The number of rotatable bonds is 5. The maximum atomic E-state index is 14.0. The first kappa shape index (κ1) is 18.5. The van der Waals surface area contributed by atoms with Crippen molar-refractivity contribution in [3.8, 4) is 0 Å². The van der Waals surface area contributed by atoms with Gasteiger partial charge in [0.1, 0.15) is 5.82 Å². The fourth-order valence-electron chi connectivity index (χ4n) is 4.03. The molecule has 2 fully saturated rings. The molecule has 6 heteroatoms. The number of hydrogen-bond donors (Lipinski definition) is 2. The number of primary amides is 1. The van der Waals surface area contributed by atoms with Crippen LogP contribution >= 0.6 is 0 Å². The molecule has 1 aliphatic heterocycles. The van der Waals surface area contributed by atoms with Gasteiger partial charge in [0.05, 0.1) is 11.4 Å². The number of carbonyl (C=O) groups is 2. The second kappa shape index (κ2) is 7.62. The fourth-order valence-corrected chi connectivity index (χ4v) is 4.03. The van der Waals surface area contributed by atoms with Crippen molar-refractivity contribution >= 4 is 23.2 Å². The molecule has 5 nitrogen and oxygen atoms in total. The minimum Gasteiger partial charge on any atom is -0.370 e. The Hall–Kier alpha value is -2.89. The van der Waals surface area contributed by atoms with Gasteiger partial charge in [-0.2, -0.15) is 0 Å². The van der Waals surface area contributed by atoms with Crippen molar-refractivity contribution in [3.05, 3.63) is 59.4 Å². The van der Waals surface area contributed by atoms with E-state index in [-0.39, 0.29) is 23.6 Å². The predicted molar refractivity (Wildman–Crippen MR) is 107 cm³/mol. The third-order valence-electron chi connectivity index (χ3n) is 5.67. The average molecular weight is 381 g/mol. The summed E-state index contributed by atoms with van der Waals surface area (Å²) in [6, 6.07) is 11.8. The lowest BCUT2D eigenvalue weighted by Crippen LogP contribution is -2.31. The van der Waals surface area contributed by atoms with Crippen molar-refractivity contribution in [1.29, 1.82) is 0 Å². The SMILES string of the molecule is NC(=O)c1ccc(N2CCCCC2)c(NC(=O)C2CC2c2ccccc2F)c1. The molecule has 2 aromatic rings. The van der Waals surface area contributed by atoms with Gasteiger partial charge in [0.2, 0.25) is 11.8 Å². The maximum Gasteiger partial charge on any atom is 0.248 e. The van der Waals surface area contributed by atoms with Crippen LogP contribution in [0, 0.1) is 11.7 Å². The summed E-state index contributed by atoms with van der Waals surface area (Å²) in [7, 11) is 0. The van der Waals surface area contributed by atoms with E-state index in [0.29, 0.717) is 23.2 Å². The molecular weight excluding hydrogens is 357 g/mol. The number of anilines is 2. The van der Waals surface area contributed by atoms with Crippen LogP contribution < -0.4 is 16.0 Å². The Labute approximate surface area is 163 Å². The van der Waals surface area contributed by atoms with Crippen LogP contribution in [0.15, 0.2) is 42.5 Å². The lowest BCUT2D eigenvalue weighted by Gasteiger charge is -2.30. The molecule has 1 heterocycles. The second-order valence-electron chi connectivity index (χ2n) is 7.60. The minimum atomic E-state index is -0.531. The fraction of sp³-hybridized carbons (Fsp3) is 0.364. The van der Waals surface area contributed by atoms with Crippen molar-refractivity contribution < 1.29 is 14.0 Å². The molecule has 1 aliphatic carbocycles. The molecular formula is C22H24FN3O2. The van der Waals surface area contributed by atoms with Crippen molar-refractivity contribution in [2.45, 2.75) is 31.6 Å². The highest BCUT2D eigenvalue weighted by Crippen LogP contribution is 2.49. The molecule has 2 aromatic carbocycles. The van der Waals surface area contributed by atoms with Gasteiger partial charge < -0.3 is 16.0 Å². The molecule has 1 saturated carbocycles. The molecule has 3 N–H and O–H groups in total. The first-order chi connectivity index (χ1) is 13.5. The summed E-state index contributed by atoms with van der Waals surface area (Å²) < 4.78 is 14.0. The van der Waals surface area contributed by atoms with Gasteiger partial charge in [-0.15, -0.1) is 0 Å². The van der Waals surface area contributed by atoms with E-state index in [1.807, 2.05) is 6.07 Å². The Balaban J connectivity index is 1.54. The van der Waals surface area contributed by atoms with Crippen LogP contribution in [-0.2, 0) is 4.79 Å². The summed E-state index contributed by atoms with van der Waals surface area (Å²) in [4.78, 5) is 26.6. The zero-order valence-corrected chi connectivity index (χ0v) is 15.7. The largest absolute Gasteiger partial charge is 0.370 e. The average Bonchev–Trinajstić information content (AvgIpc) is 3.50. The molecule has 2 atom stereocenters. The predicted octanol–water partition coefficient (Wildman–Crippen LogP) is 3.66. The third-order valence-corrected chi connectivity index (χ3v) is 5.67. The number of amides is 2. The number of nitrogens with two attached hydrogens (primary N) is 1. The Morgan fingerprint density at radius 2 is 1.82 bits per heavy atom. The van der Waals surface area contributed by atoms with Crippen molar-refractivity contribution in [1.82, 2.24) is 0 Å². The Bertz CT molecular complexity index is 908. The first-order valence-corrected chi connectivity index (χ1v) is 9.78. The summed E-state index contributed by atoms with van der Waals surface area (Å²) >= 11 is 0. The number of nitrogens with zero attached hydrogens (tertiary/aromatic N) is 1. The van der Waals surface area contributed by atoms with Gasteiger partial charge in [-0.3, -0.25) is 9.59 Å². The highest BCUT2D eigenvalue weighted by Gasteiger charge is 2.45. The molecule has 0 spiro atoms. The monoisotopic (exact) mass is 381 g/mol. The zero-order chi connectivity index (χ0) is 19.7. The standard InChI is InChI=1S/C22H24FN3O2/c23-18-7-3-2-6-15(18)16-13-17(16)22(28)25-19-12-14(21(24)27)8-9-20(19)26-10-4-1-5-11-26/h2-3,6-9,12,16-17H,1,4-5,10-11,13H2,(H2,24,27)(H,25,28). The first-order valence-electron chi connectivity index (χ1n) is 9.78. The second-order valence-corrected chi connectivity index (χ2v) is 7.60. The number of halogens is 1. The third kappa shape index (κ3) is 3.72. The molecule has 2 amide bonds. The van der Waals surface area contributed by atoms with Gasteiger partial charge in [0, 0.05) is 24.6 Å². The molecule has 2 aliphatic rings. The summed E-state index contributed by atoms with van der Waals surface area (Å²) in [5.41, 5.74) is 7.87. The Kier molecular flexibility index (Phi) is 5.03. The van der Waals surface area contributed by atoms with E-state index in [4.69, 9.17) is 5.73 Å². The number of benzene rings is 2. The van der Waals surface area contributed by atoms with Crippen LogP contribution in [-0.4, -0.2) is 24.9 Å². The van der Waals surface area contributed by atoms with Gasteiger partial charge in [0.25, 0.3) is 0 Å². The van der Waals surface area contributed by atoms with E-state index in [9.17, 15) is 14.0 Å². The van der Waals surface area contributed by atoms with E-state index in [1.165, 1.54) is 12.5 Å². The van der Waals surface area contributed by atoms with Crippen LogP contribution in [0.3, 0.4) is 0 Å². The van der Waals surface area contributed by atoms with Gasteiger partial charge in [-0.05, 0) is 61.4 Å². The summed E-state index contributed by atoms with van der Waals surface area (Å²) in [6.45, 7) is 1.83. The smallest absolute Gasteiger partial charge is 0.248 e. The van der Waals surface area contributed by atoms with E-state index >= 15 is 0 Å². The number of hydrogen-bond acceptors (Lipinski definition) is 3. The Morgan fingerprint density at radius 1 is 1.07 bits per heavy atom. The van der Waals surface area contributed by atoms with Crippen LogP contribution in [0.5, 0.6) is 0 Å². The maximum absolute atomic E-state index is 14.0. The van der Waals surface area contributed by atoms with Crippen LogP contribution in [0.4, 0.5) is 15.8 Å².